The normalized spacial score (nSPS) is 15.7. The van der Waals surface area contributed by atoms with E-state index < -0.39 is 20.8 Å². The Hall–Kier alpha value is -3.19. The molecular weight excluding hydrogens is 481 g/mol. The number of nitrogens with zero attached hydrogens (tertiary/aromatic N) is 5. The number of sulfonamides is 1. The third kappa shape index (κ3) is 4.20. The van der Waals surface area contributed by atoms with Crippen molar-refractivity contribution in [2.45, 2.75) is 11.4 Å². The molecule has 0 bridgehead atoms. The first-order valence-electron chi connectivity index (χ1n) is 10.5. The number of fused-ring (bicyclic) bond motifs is 1. The summed E-state index contributed by atoms with van der Waals surface area (Å²) in [6, 6.07) is 11.2. The van der Waals surface area contributed by atoms with Gasteiger partial charge in [0.25, 0.3) is 5.69 Å². The maximum absolute atomic E-state index is 13.2. The third-order valence-electron chi connectivity index (χ3n) is 5.87. The van der Waals surface area contributed by atoms with E-state index >= 15 is 0 Å². The molecule has 12 heteroatoms. The first kappa shape index (κ1) is 22.6. The number of aromatic nitrogens is 2. The molecule has 0 aliphatic carbocycles. The first-order chi connectivity index (χ1) is 16.3. The molecule has 4 aromatic rings. The van der Waals surface area contributed by atoms with Gasteiger partial charge in [-0.2, -0.15) is 4.31 Å². The van der Waals surface area contributed by atoms with Crippen LogP contribution in [-0.4, -0.2) is 58.1 Å². The maximum Gasteiger partial charge on any atom is 0.269 e. The molecule has 176 valence electrons. The van der Waals surface area contributed by atoms with E-state index in [1.165, 1.54) is 39.9 Å². The van der Waals surface area contributed by atoms with Crippen LogP contribution in [0.15, 0.2) is 65.0 Å². The van der Waals surface area contributed by atoms with Crippen LogP contribution >= 0.6 is 11.3 Å². The van der Waals surface area contributed by atoms with Gasteiger partial charge in [-0.25, -0.2) is 17.8 Å². The minimum absolute atomic E-state index is 0.0183. The fraction of sp³-hybridized carbons (Fsp3) is 0.227. The fourth-order valence-corrected chi connectivity index (χ4v) is 6.21. The van der Waals surface area contributed by atoms with Gasteiger partial charge in [-0.3, -0.25) is 19.4 Å². The van der Waals surface area contributed by atoms with Crippen LogP contribution in [0.25, 0.3) is 16.2 Å². The molecule has 0 saturated carbocycles. The summed E-state index contributed by atoms with van der Waals surface area (Å²) in [5.41, 5.74) is 2.50. The zero-order valence-corrected chi connectivity index (χ0v) is 19.5. The lowest BCUT2D eigenvalue weighted by molar-refractivity contribution is -0.384. The molecule has 34 heavy (non-hydrogen) atoms. The van der Waals surface area contributed by atoms with Gasteiger partial charge in [-0.15, -0.1) is 11.3 Å². The quantitative estimate of drug-likeness (QED) is 0.296. The van der Waals surface area contributed by atoms with Crippen LogP contribution in [0.4, 0.5) is 10.1 Å². The summed E-state index contributed by atoms with van der Waals surface area (Å²) in [5, 5.41) is 12.9. The smallest absolute Gasteiger partial charge is 0.269 e. The van der Waals surface area contributed by atoms with Crippen LogP contribution in [0.2, 0.25) is 0 Å². The largest absolute Gasteiger partial charge is 0.295 e. The molecule has 1 aliphatic heterocycles. The topological polar surface area (TPSA) is 101 Å². The summed E-state index contributed by atoms with van der Waals surface area (Å²) >= 11 is 1.50. The Balaban J connectivity index is 1.35. The van der Waals surface area contributed by atoms with Crippen molar-refractivity contribution in [3.05, 3.63) is 81.7 Å². The summed E-state index contributed by atoms with van der Waals surface area (Å²) in [5.74, 6) is -0.479. The van der Waals surface area contributed by atoms with E-state index in [4.69, 9.17) is 4.98 Å². The van der Waals surface area contributed by atoms with Crippen molar-refractivity contribution >= 4 is 32.0 Å². The van der Waals surface area contributed by atoms with Gasteiger partial charge in [0.05, 0.1) is 21.2 Å². The second-order valence-corrected chi connectivity index (χ2v) is 10.7. The van der Waals surface area contributed by atoms with Crippen molar-refractivity contribution < 1.29 is 17.7 Å². The average Bonchev–Trinajstić information content (AvgIpc) is 3.42. The van der Waals surface area contributed by atoms with E-state index in [1.54, 1.807) is 12.1 Å². The molecule has 9 nitrogen and oxygen atoms in total. The lowest BCUT2D eigenvalue weighted by Crippen LogP contribution is -2.48. The molecule has 2 aromatic carbocycles. The molecule has 2 aromatic heterocycles. The standard InChI is InChI=1S/C22H20FN5O4S2/c23-17-3-7-19(8-4-17)34(31,32)26-11-9-25(10-12-26)15-20-21(24-22-27(20)13-14-33-22)16-1-5-18(6-2-16)28(29)30/h1-8,13-14H,9-12,15H2. The fourth-order valence-electron chi connectivity index (χ4n) is 4.05. The highest BCUT2D eigenvalue weighted by molar-refractivity contribution is 7.89. The van der Waals surface area contributed by atoms with Gasteiger partial charge in [0.2, 0.25) is 10.0 Å². The SMILES string of the molecule is O=[N+]([O-])c1ccc(-c2nc3sccn3c2CN2CCN(S(=O)(=O)c3ccc(F)cc3)CC2)cc1. The van der Waals surface area contributed by atoms with Gasteiger partial charge in [0, 0.05) is 62.0 Å². The molecule has 5 rings (SSSR count). The Morgan fingerprint density at radius 1 is 1.03 bits per heavy atom. The van der Waals surface area contributed by atoms with Gasteiger partial charge < -0.3 is 0 Å². The number of thiazole rings is 1. The van der Waals surface area contributed by atoms with Crippen molar-refractivity contribution in [1.29, 1.82) is 0 Å². The third-order valence-corrected chi connectivity index (χ3v) is 8.54. The Bertz CT molecular complexity index is 1440. The highest BCUT2D eigenvalue weighted by Gasteiger charge is 2.29. The van der Waals surface area contributed by atoms with Crippen LogP contribution in [0, 0.1) is 15.9 Å². The number of piperazine rings is 1. The summed E-state index contributed by atoms with van der Waals surface area (Å²) in [6.07, 6.45) is 1.94. The van der Waals surface area contributed by atoms with Crippen LogP contribution in [-0.2, 0) is 16.6 Å². The Morgan fingerprint density at radius 3 is 2.35 bits per heavy atom. The van der Waals surface area contributed by atoms with E-state index in [0.717, 1.165) is 34.0 Å². The Morgan fingerprint density at radius 2 is 1.71 bits per heavy atom. The molecule has 1 aliphatic rings. The second-order valence-electron chi connectivity index (χ2n) is 7.90. The Kier molecular flexibility index (Phi) is 5.90. The first-order valence-corrected chi connectivity index (χ1v) is 12.8. The van der Waals surface area contributed by atoms with Crippen LogP contribution in [0.5, 0.6) is 0 Å². The summed E-state index contributed by atoms with van der Waals surface area (Å²) in [7, 11) is -3.68. The number of hydrogen-bond donors (Lipinski definition) is 0. The number of non-ortho nitro benzene ring substituents is 1. The lowest BCUT2D eigenvalue weighted by atomic mass is 10.1. The predicted octanol–water partition coefficient (Wildman–Crippen LogP) is 3.62. The van der Waals surface area contributed by atoms with E-state index in [0.29, 0.717) is 32.7 Å². The van der Waals surface area contributed by atoms with E-state index in [-0.39, 0.29) is 10.6 Å². The van der Waals surface area contributed by atoms with Gasteiger partial charge in [-0.05, 0) is 36.4 Å². The summed E-state index contributed by atoms with van der Waals surface area (Å²) in [4.78, 5) is 18.4. The maximum atomic E-state index is 13.2. The number of rotatable bonds is 6. The van der Waals surface area contributed by atoms with E-state index in [2.05, 4.69) is 4.90 Å². The molecule has 1 saturated heterocycles. The van der Waals surface area contributed by atoms with Crippen molar-refractivity contribution in [2.24, 2.45) is 0 Å². The average molecular weight is 502 g/mol. The molecular formula is C22H20FN5O4S2. The molecule has 0 amide bonds. The number of nitro benzene ring substituents is 1. The number of benzene rings is 2. The molecule has 0 N–H and O–H groups in total. The highest BCUT2D eigenvalue weighted by Crippen LogP contribution is 2.29. The highest BCUT2D eigenvalue weighted by atomic mass is 32.2. The zero-order chi connectivity index (χ0) is 23.9. The van der Waals surface area contributed by atoms with Gasteiger partial charge in [0.15, 0.2) is 4.96 Å². The number of hydrogen-bond acceptors (Lipinski definition) is 7. The minimum atomic E-state index is -3.68. The number of nitro groups is 1. The van der Waals surface area contributed by atoms with Crippen molar-refractivity contribution in [1.82, 2.24) is 18.6 Å². The molecule has 0 unspecified atom stereocenters. The van der Waals surface area contributed by atoms with Gasteiger partial charge in [-0.1, -0.05) is 0 Å². The van der Waals surface area contributed by atoms with Crippen molar-refractivity contribution in [3.63, 3.8) is 0 Å². The minimum Gasteiger partial charge on any atom is -0.295 e. The van der Waals surface area contributed by atoms with E-state index in [1.807, 2.05) is 16.0 Å². The Labute approximate surface area is 198 Å². The molecule has 3 heterocycles. The molecule has 0 atom stereocenters. The van der Waals surface area contributed by atoms with E-state index in [9.17, 15) is 22.9 Å². The lowest BCUT2D eigenvalue weighted by Gasteiger charge is -2.34. The summed E-state index contributed by atoms with van der Waals surface area (Å²) < 4.78 is 42.4. The van der Waals surface area contributed by atoms with Crippen molar-refractivity contribution in [2.75, 3.05) is 26.2 Å². The zero-order valence-electron chi connectivity index (χ0n) is 17.9. The monoisotopic (exact) mass is 501 g/mol. The van der Waals surface area contributed by atoms with Crippen LogP contribution in [0.3, 0.4) is 0 Å². The molecule has 0 spiro atoms. The van der Waals surface area contributed by atoms with Gasteiger partial charge in [0.1, 0.15) is 5.82 Å². The van der Waals surface area contributed by atoms with Crippen molar-refractivity contribution in [3.8, 4) is 11.3 Å². The van der Waals surface area contributed by atoms with Gasteiger partial charge >= 0.3 is 0 Å². The van der Waals surface area contributed by atoms with Crippen LogP contribution < -0.4 is 0 Å². The molecule has 0 radical (unpaired) electrons. The number of imidazole rings is 1. The molecule has 1 fully saturated rings. The second kappa shape index (κ2) is 8.87. The van der Waals surface area contributed by atoms with Crippen LogP contribution in [0.1, 0.15) is 5.69 Å². The summed E-state index contributed by atoms with van der Waals surface area (Å²) in [6.45, 7) is 2.24. The predicted molar refractivity (Wildman–Crippen MR) is 126 cm³/mol. The number of halogens is 1.